The van der Waals surface area contributed by atoms with Crippen LogP contribution >= 0.6 is 0 Å². The molecule has 0 atom stereocenters. The number of carboxylic acid groups (broad SMARTS) is 1. The standard InChI is InChI=1S/C18H31N3O5S/c22-18(23)9-12-20-15-19-10-5-2-6-11-21-16-26-13-14-27(24,25)17-7-3-1-4-8-17/h1,3-4,7-8,19-21H,2,5-6,9-16H2,(H,22,23). The van der Waals surface area contributed by atoms with Crippen molar-refractivity contribution >= 4 is 15.8 Å². The fraction of sp³-hybridized carbons (Fsp3) is 0.611. The molecule has 0 aliphatic heterocycles. The van der Waals surface area contributed by atoms with Crippen molar-refractivity contribution in [3.05, 3.63) is 30.3 Å². The molecule has 1 rings (SSSR count). The molecule has 0 aliphatic carbocycles. The van der Waals surface area contributed by atoms with Crippen LogP contribution in [0, 0.1) is 0 Å². The van der Waals surface area contributed by atoms with Gasteiger partial charge in [-0.3, -0.25) is 10.1 Å². The summed E-state index contributed by atoms with van der Waals surface area (Å²) in [5.41, 5.74) is 0. The number of nitrogens with one attached hydrogen (secondary N) is 3. The number of unbranched alkanes of at least 4 members (excludes halogenated alkanes) is 2. The lowest BCUT2D eigenvalue weighted by molar-refractivity contribution is -0.136. The average molecular weight is 402 g/mol. The van der Waals surface area contributed by atoms with E-state index in [1.807, 2.05) is 0 Å². The van der Waals surface area contributed by atoms with Crippen molar-refractivity contribution in [2.75, 3.05) is 45.4 Å². The fourth-order valence-corrected chi connectivity index (χ4v) is 3.41. The minimum absolute atomic E-state index is 0.0230. The third kappa shape index (κ3) is 12.5. The predicted molar refractivity (Wildman–Crippen MR) is 104 cm³/mol. The van der Waals surface area contributed by atoms with Crippen LogP contribution in [-0.4, -0.2) is 64.9 Å². The molecule has 0 aromatic heterocycles. The van der Waals surface area contributed by atoms with Gasteiger partial charge in [-0.05, 0) is 38.1 Å². The Morgan fingerprint density at radius 2 is 1.63 bits per heavy atom. The molecule has 0 heterocycles. The summed E-state index contributed by atoms with van der Waals surface area (Å²) in [4.78, 5) is 10.6. The number of rotatable bonds is 17. The molecule has 0 spiro atoms. The Morgan fingerprint density at radius 1 is 0.963 bits per heavy atom. The minimum atomic E-state index is -3.27. The third-order valence-corrected chi connectivity index (χ3v) is 5.47. The van der Waals surface area contributed by atoms with E-state index in [1.165, 1.54) is 0 Å². The molecule has 0 unspecified atom stereocenters. The van der Waals surface area contributed by atoms with E-state index < -0.39 is 15.8 Å². The number of sulfone groups is 1. The summed E-state index contributed by atoms with van der Waals surface area (Å²) in [5.74, 6) is -0.818. The van der Waals surface area contributed by atoms with Gasteiger partial charge in [-0.15, -0.1) is 0 Å². The average Bonchev–Trinajstić information content (AvgIpc) is 2.65. The van der Waals surface area contributed by atoms with Gasteiger partial charge >= 0.3 is 5.97 Å². The molecule has 27 heavy (non-hydrogen) atoms. The number of aliphatic carboxylic acids is 1. The van der Waals surface area contributed by atoms with E-state index in [2.05, 4.69) is 16.0 Å². The Balaban J connectivity index is 1.86. The maximum atomic E-state index is 12.0. The second-order valence-electron chi connectivity index (χ2n) is 6.07. The normalized spacial score (nSPS) is 11.6. The number of hydrogen-bond donors (Lipinski definition) is 4. The SMILES string of the molecule is O=C(O)CCNCNCCCCCNCOCCS(=O)(=O)c1ccccc1. The van der Waals surface area contributed by atoms with Crippen LogP contribution in [0.1, 0.15) is 25.7 Å². The number of benzene rings is 1. The summed E-state index contributed by atoms with van der Waals surface area (Å²) in [7, 11) is -3.27. The van der Waals surface area contributed by atoms with Crippen molar-refractivity contribution in [1.82, 2.24) is 16.0 Å². The van der Waals surface area contributed by atoms with Crippen LogP contribution in [0.5, 0.6) is 0 Å². The van der Waals surface area contributed by atoms with Crippen molar-refractivity contribution in [1.29, 1.82) is 0 Å². The summed E-state index contributed by atoms with van der Waals surface area (Å²) in [5, 5.41) is 17.8. The largest absolute Gasteiger partial charge is 0.481 e. The Hall–Kier alpha value is -1.52. The fourth-order valence-electron chi connectivity index (χ4n) is 2.27. The first-order valence-electron chi connectivity index (χ1n) is 9.22. The van der Waals surface area contributed by atoms with E-state index in [9.17, 15) is 13.2 Å². The van der Waals surface area contributed by atoms with Gasteiger partial charge in [0.25, 0.3) is 0 Å². The second kappa shape index (κ2) is 14.5. The summed E-state index contributed by atoms with van der Waals surface area (Å²) >= 11 is 0. The van der Waals surface area contributed by atoms with Gasteiger partial charge in [-0.1, -0.05) is 24.6 Å². The van der Waals surface area contributed by atoms with E-state index in [4.69, 9.17) is 9.84 Å². The Kier molecular flexibility index (Phi) is 12.7. The van der Waals surface area contributed by atoms with Gasteiger partial charge in [0.2, 0.25) is 0 Å². The smallest absolute Gasteiger partial charge is 0.304 e. The first-order chi connectivity index (χ1) is 13.0. The maximum absolute atomic E-state index is 12.0. The molecule has 8 nitrogen and oxygen atoms in total. The highest BCUT2D eigenvalue weighted by atomic mass is 32.2. The highest BCUT2D eigenvalue weighted by molar-refractivity contribution is 7.91. The second-order valence-corrected chi connectivity index (χ2v) is 8.17. The molecule has 0 fully saturated rings. The minimum Gasteiger partial charge on any atom is -0.481 e. The van der Waals surface area contributed by atoms with Crippen LogP contribution in [0.15, 0.2) is 35.2 Å². The van der Waals surface area contributed by atoms with Crippen LogP contribution in [0.4, 0.5) is 0 Å². The van der Waals surface area contributed by atoms with Crippen molar-refractivity contribution in [3.8, 4) is 0 Å². The molecule has 1 aromatic carbocycles. The summed E-state index contributed by atoms with van der Waals surface area (Å²) < 4.78 is 29.4. The molecular weight excluding hydrogens is 370 g/mol. The molecule has 0 bridgehead atoms. The lowest BCUT2D eigenvalue weighted by Crippen LogP contribution is -2.31. The monoisotopic (exact) mass is 401 g/mol. The van der Waals surface area contributed by atoms with E-state index in [1.54, 1.807) is 30.3 Å². The van der Waals surface area contributed by atoms with Gasteiger partial charge in [-0.2, -0.15) is 0 Å². The Bertz CT molecular complexity index is 611. The van der Waals surface area contributed by atoms with Crippen LogP contribution < -0.4 is 16.0 Å². The molecule has 0 saturated heterocycles. The molecule has 154 valence electrons. The van der Waals surface area contributed by atoms with Gasteiger partial charge in [0.1, 0.15) is 0 Å². The van der Waals surface area contributed by atoms with Crippen molar-refractivity contribution in [2.24, 2.45) is 0 Å². The Morgan fingerprint density at radius 3 is 2.33 bits per heavy atom. The molecule has 0 radical (unpaired) electrons. The first kappa shape index (κ1) is 23.5. The number of carbonyl (C=O) groups is 1. The predicted octanol–water partition coefficient (Wildman–Crippen LogP) is 0.806. The first-order valence-corrected chi connectivity index (χ1v) is 10.9. The van der Waals surface area contributed by atoms with Gasteiger partial charge in [0.05, 0.1) is 30.4 Å². The van der Waals surface area contributed by atoms with E-state index in [0.29, 0.717) is 24.8 Å². The molecule has 0 saturated carbocycles. The zero-order chi connectivity index (χ0) is 19.8. The maximum Gasteiger partial charge on any atom is 0.304 e. The van der Waals surface area contributed by atoms with Gasteiger partial charge in [0.15, 0.2) is 9.84 Å². The van der Waals surface area contributed by atoms with Crippen LogP contribution in [-0.2, 0) is 19.4 Å². The lowest BCUT2D eigenvalue weighted by Gasteiger charge is -2.08. The van der Waals surface area contributed by atoms with E-state index in [0.717, 1.165) is 32.4 Å². The zero-order valence-corrected chi connectivity index (χ0v) is 16.5. The summed E-state index contributed by atoms with van der Waals surface area (Å²) in [6.45, 7) is 3.31. The number of ether oxygens (including phenoxy) is 1. The summed E-state index contributed by atoms with van der Waals surface area (Å²) in [6, 6.07) is 8.39. The molecule has 9 heteroatoms. The zero-order valence-electron chi connectivity index (χ0n) is 15.7. The Labute approximate surface area is 161 Å². The molecule has 4 N–H and O–H groups in total. The van der Waals surface area contributed by atoms with Crippen molar-refractivity contribution < 1.29 is 23.1 Å². The van der Waals surface area contributed by atoms with Gasteiger partial charge in [0, 0.05) is 13.2 Å². The van der Waals surface area contributed by atoms with Crippen LogP contribution in [0.3, 0.4) is 0 Å². The molecule has 1 aromatic rings. The topological polar surface area (TPSA) is 117 Å². The van der Waals surface area contributed by atoms with E-state index in [-0.39, 0.29) is 18.8 Å². The van der Waals surface area contributed by atoms with Gasteiger partial charge < -0.3 is 20.5 Å². The van der Waals surface area contributed by atoms with Crippen molar-refractivity contribution in [2.45, 2.75) is 30.6 Å². The number of hydrogen-bond acceptors (Lipinski definition) is 7. The van der Waals surface area contributed by atoms with Crippen molar-refractivity contribution in [3.63, 3.8) is 0 Å². The van der Waals surface area contributed by atoms with Crippen LogP contribution in [0.25, 0.3) is 0 Å². The lowest BCUT2D eigenvalue weighted by atomic mass is 10.2. The molecular formula is C18H31N3O5S. The highest BCUT2D eigenvalue weighted by Gasteiger charge is 2.13. The van der Waals surface area contributed by atoms with E-state index >= 15 is 0 Å². The van der Waals surface area contributed by atoms with Gasteiger partial charge in [-0.25, -0.2) is 8.42 Å². The molecule has 0 amide bonds. The molecule has 0 aliphatic rings. The van der Waals surface area contributed by atoms with Crippen LogP contribution in [0.2, 0.25) is 0 Å². The third-order valence-electron chi connectivity index (χ3n) is 3.78. The number of carboxylic acids is 1. The summed E-state index contributed by atoms with van der Waals surface area (Å²) in [6.07, 6.45) is 3.25. The highest BCUT2D eigenvalue weighted by Crippen LogP contribution is 2.09. The quantitative estimate of drug-likeness (QED) is 0.224.